The highest BCUT2D eigenvalue weighted by molar-refractivity contribution is 5.82. The van der Waals surface area contributed by atoms with Crippen LogP contribution in [0.3, 0.4) is 0 Å². The van der Waals surface area contributed by atoms with Crippen LogP contribution in [0.15, 0.2) is 24.3 Å². The lowest BCUT2D eigenvalue weighted by molar-refractivity contribution is -0.127. The fraction of sp³-hybridized carbons (Fsp3) is 0.429. The van der Waals surface area contributed by atoms with Gasteiger partial charge in [0, 0.05) is 18.3 Å². The highest BCUT2D eigenvalue weighted by Crippen LogP contribution is 2.14. The van der Waals surface area contributed by atoms with Crippen LogP contribution in [0.4, 0.5) is 5.69 Å². The zero-order chi connectivity index (χ0) is 15.2. The molecule has 1 aromatic carbocycles. The molecule has 0 saturated carbocycles. The van der Waals surface area contributed by atoms with Crippen LogP contribution in [-0.4, -0.2) is 25.0 Å². The van der Waals surface area contributed by atoms with Gasteiger partial charge in [0.25, 0.3) is 0 Å². The minimum atomic E-state index is -0.760. The van der Waals surface area contributed by atoms with Crippen molar-refractivity contribution in [2.45, 2.75) is 20.3 Å². The van der Waals surface area contributed by atoms with E-state index in [1.54, 1.807) is 38.1 Å². The summed E-state index contributed by atoms with van der Waals surface area (Å²) < 4.78 is 5.40. The maximum absolute atomic E-state index is 11.6. The largest absolute Gasteiger partial charge is 0.493 e. The maximum atomic E-state index is 11.6. The molecule has 6 nitrogen and oxygen atoms in total. The number of nitrogens with one attached hydrogen (secondary N) is 1. The third-order valence-corrected chi connectivity index (χ3v) is 2.85. The van der Waals surface area contributed by atoms with Crippen molar-refractivity contribution in [1.29, 1.82) is 0 Å². The van der Waals surface area contributed by atoms with Crippen molar-refractivity contribution < 1.29 is 14.3 Å². The molecule has 0 aliphatic rings. The summed E-state index contributed by atoms with van der Waals surface area (Å²) in [7, 11) is 0. The van der Waals surface area contributed by atoms with Gasteiger partial charge in [-0.15, -0.1) is 0 Å². The highest BCUT2D eigenvalue weighted by atomic mass is 16.5. The lowest BCUT2D eigenvalue weighted by atomic mass is 9.93. The highest BCUT2D eigenvalue weighted by Gasteiger charge is 2.25. The minimum absolute atomic E-state index is 0.191. The molecule has 0 spiro atoms. The van der Waals surface area contributed by atoms with E-state index in [0.717, 1.165) is 0 Å². The summed E-state index contributed by atoms with van der Waals surface area (Å²) in [5.41, 5.74) is 10.7. The molecule has 1 aromatic rings. The van der Waals surface area contributed by atoms with E-state index in [-0.39, 0.29) is 25.5 Å². The predicted octanol–water partition coefficient (Wildman–Crippen LogP) is 0.665. The number of hydrogen-bond acceptors (Lipinski definition) is 4. The van der Waals surface area contributed by atoms with Crippen molar-refractivity contribution in [2.24, 2.45) is 11.1 Å². The quantitative estimate of drug-likeness (QED) is 0.637. The van der Waals surface area contributed by atoms with Crippen molar-refractivity contribution >= 4 is 17.5 Å². The number of rotatable bonds is 7. The SMILES string of the molecule is CC(C)(CNC(=O)CCOc1cccc(N)c1)C(N)=O. The number of amides is 2. The molecule has 0 unspecified atom stereocenters. The van der Waals surface area contributed by atoms with Crippen molar-refractivity contribution in [1.82, 2.24) is 5.32 Å². The van der Waals surface area contributed by atoms with E-state index in [1.807, 2.05) is 0 Å². The van der Waals surface area contributed by atoms with Crippen LogP contribution < -0.4 is 21.5 Å². The second-order valence-electron chi connectivity index (χ2n) is 5.20. The molecule has 0 fully saturated rings. The molecule has 0 heterocycles. The fourth-order valence-corrected chi connectivity index (χ4v) is 1.36. The Morgan fingerprint density at radius 3 is 2.65 bits per heavy atom. The third-order valence-electron chi connectivity index (χ3n) is 2.85. The van der Waals surface area contributed by atoms with Crippen molar-refractivity contribution in [3.05, 3.63) is 24.3 Å². The van der Waals surface area contributed by atoms with Crippen LogP contribution in [0, 0.1) is 5.41 Å². The van der Waals surface area contributed by atoms with Gasteiger partial charge in [-0.3, -0.25) is 9.59 Å². The molecule has 0 aliphatic carbocycles. The van der Waals surface area contributed by atoms with E-state index in [1.165, 1.54) is 0 Å². The summed E-state index contributed by atoms with van der Waals surface area (Å²) in [6.07, 6.45) is 0.198. The number of carbonyl (C=O) groups excluding carboxylic acids is 2. The molecule has 0 atom stereocenters. The van der Waals surface area contributed by atoms with Crippen molar-refractivity contribution in [2.75, 3.05) is 18.9 Å². The van der Waals surface area contributed by atoms with Crippen molar-refractivity contribution in [3.8, 4) is 5.75 Å². The molecule has 5 N–H and O–H groups in total. The van der Waals surface area contributed by atoms with Gasteiger partial charge in [-0.25, -0.2) is 0 Å². The topological polar surface area (TPSA) is 107 Å². The molecule has 2 amide bonds. The number of nitrogens with two attached hydrogens (primary N) is 2. The first-order chi connectivity index (χ1) is 9.31. The molecule has 6 heteroatoms. The number of nitrogen functional groups attached to an aromatic ring is 1. The Hall–Kier alpha value is -2.24. The smallest absolute Gasteiger partial charge is 0.224 e. The first-order valence-corrected chi connectivity index (χ1v) is 6.36. The number of primary amides is 1. The monoisotopic (exact) mass is 279 g/mol. The Labute approximate surface area is 118 Å². The number of ether oxygens (including phenoxy) is 1. The predicted molar refractivity (Wildman–Crippen MR) is 77.0 cm³/mol. The van der Waals surface area contributed by atoms with E-state index in [9.17, 15) is 9.59 Å². The summed E-state index contributed by atoms with van der Waals surface area (Å²) in [6.45, 7) is 3.81. The van der Waals surface area contributed by atoms with Gasteiger partial charge in [-0.2, -0.15) is 0 Å². The van der Waals surface area contributed by atoms with Gasteiger partial charge in [-0.05, 0) is 26.0 Å². The number of carbonyl (C=O) groups is 2. The van der Waals surface area contributed by atoms with Gasteiger partial charge < -0.3 is 21.5 Å². The molecular weight excluding hydrogens is 258 g/mol. The van der Waals surface area contributed by atoms with Gasteiger partial charge in [-0.1, -0.05) is 6.07 Å². The van der Waals surface area contributed by atoms with Crippen LogP contribution in [0.25, 0.3) is 0 Å². The van der Waals surface area contributed by atoms with Crippen LogP contribution in [0.1, 0.15) is 20.3 Å². The third kappa shape index (κ3) is 5.17. The van der Waals surface area contributed by atoms with E-state index < -0.39 is 11.3 Å². The Balaban J connectivity index is 2.29. The van der Waals surface area contributed by atoms with E-state index >= 15 is 0 Å². The van der Waals surface area contributed by atoms with Gasteiger partial charge in [0.15, 0.2) is 0 Å². The van der Waals surface area contributed by atoms with Gasteiger partial charge in [0.2, 0.25) is 11.8 Å². The second kappa shape index (κ2) is 6.79. The Bertz CT molecular complexity index is 486. The number of benzene rings is 1. The molecule has 0 saturated heterocycles. The standard InChI is InChI=1S/C14H21N3O3/c1-14(2,13(16)19)9-17-12(18)6-7-20-11-5-3-4-10(15)8-11/h3-5,8H,6-7,9,15H2,1-2H3,(H2,16,19)(H,17,18). The fourth-order valence-electron chi connectivity index (χ4n) is 1.36. The molecule has 20 heavy (non-hydrogen) atoms. The summed E-state index contributed by atoms with van der Waals surface area (Å²) in [6, 6.07) is 6.99. The van der Waals surface area contributed by atoms with Crippen LogP contribution >= 0.6 is 0 Å². The average molecular weight is 279 g/mol. The zero-order valence-electron chi connectivity index (χ0n) is 11.8. The zero-order valence-corrected chi connectivity index (χ0v) is 11.8. The first-order valence-electron chi connectivity index (χ1n) is 6.36. The Morgan fingerprint density at radius 2 is 2.05 bits per heavy atom. The number of anilines is 1. The van der Waals surface area contributed by atoms with Crippen LogP contribution in [-0.2, 0) is 9.59 Å². The lowest BCUT2D eigenvalue weighted by Crippen LogP contribution is -2.42. The van der Waals surface area contributed by atoms with Crippen LogP contribution in [0.2, 0.25) is 0 Å². The molecule has 0 radical (unpaired) electrons. The summed E-state index contributed by atoms with van der Waals surface area (Å²) in [4.78, 5) is 22.7. The summed E-state index contributed by atoms with van der Waals surface area (Å²) >= 11 is 0. The van der Waals surface area contributed by atoms with E-state index in [2.05, 4.69) is 5.32 Å². The first kappa shape index (κ1) is 15.8. The normalized spacial score (nSPS) is 10.9. The molecule has 110 valence electrons. The van der Waals surface area contributed by atoms with Crippen LogP contribution in [0.5, 0.6) is 5.75 Å². The number of hydrogen-bond donors (Lipinski definition) is 3. The maximum Gasteiger partial charge on any atom is 0.224 e. The van der Waals surface area contributed by atoms with Gasteiger partial charge in [0.1, 0.15) is 5.75 Å². The lowest BCUT2D eigenvalue weighted by Gasteiger charge is -2.20. The van der Waals surface area contributed by atoms with E-state index in [0.29, 0.717) is 11.4 Å². The summed E-state index contributed by atoms with van der Waals surface area (Å²) in [5.74, 6) is -0.0210. The molecule has 0 bridgehead atoms. The Kier molecular flexibility index (Phi) is 5.37. The Morgan fingerprint density at radius 1 is 1.35 bits per heavy atom. The second-order valence-corrected chi connectivity index (χ2v) is 5.20. The van der Waals surface area contributed by atoms with Gasteiger partial charge >= 0.3 is 0 Å². The molecule has 0 aliphatic heterocycles. The molecule has 0 aromatic heterocycles. The molecule has 1 rings (SSSR count). The van der Waals surface area contributed by atoms with Crippen molar-refractivity contribution in [3.63, 3.8) is 0 Å². The average Bonchev–Trinajstić information content (AvgIpc) is 2.36. The van der Waals surface area contributed by atoms with E-state index in [4.69, 9.17) is 16.2 Å². The summed E-state index contributed by atoms with van der Waals surface area (Å²) in [5, 5.41) is 2.66. The minimum Gasteiger partial charge on any atom is -0.493 e. The van der Waals surface area contributed by atoms with Gasteiger partial charge in [0.05, 0.1) is 18.4 Å². The molecular formula is C14H21N3O3.